The Morgan fingerprint density at radius 1 is 1.09 bits per heavy atom. The van der Waals surface area contributed by atoms with Crippen LogP contribution in [0.4, 0.5) is 0 Å². The molecule has 1 unspecified atom stereocenters. The van der Waals surface area contributed by atoms with Crippen LogP contribution in [0.5, 0.6) is 0 Å². The number of carbonyl (C=O) groups excluding carboxylic acids is 2. The van der Waals surface area contributed by atoms with Crippen LogP contribution in [0.15, 0.2) is 12.1 Å². The maximum atomic E-state index is 13.1. The molecule has 0 aliphatic carbocycles. The van der Waals surface area contributed by atoms with Gasteiger partial charge in [0.05, 0.1) is 13.0 Å². The standard InChI is InChI=1S/C20H30O3/c1-12(2)16(19(22)23-8)11-20(6,7)18(21)17-14(4)9-13(3)10-15(17)5/h9-10,12,16H,11H2,1-8H3. The lowest BCUT2D eigenvalue weighted by atomic mass is 9.73. The van der Waals surface area contributed by atoms with Crippen molar-refractivity contribution in [3.8, 4) is 0 Å². The molecule has 3 nitrogen and oxygen atoms in total. The zero-order chi connectivity index (χ0) is 17.9. The number of carbonyl (C=O) groups is 2. The third-order valence-corrected chi connectivity index (χ3v) is 4.56. The summed E-state index contributed by atoms with van der Waals surface area (Å²) in [7, 11) is 1.40. The summed E-state index contributed by atoms with van der Waals surface area (Å²) in [5.41, 5.74) is 3.32. The van der Waals surface area contributed by atoms with Gasteiger partial charge in [0.2, 0.25) is 0 Å². The molecule has 0 aromatic heterocycles. The second kappa shape index (κ2) is 7.29. The van der Waals surface area contributed by atoms with Crippen LogP contribution in [-0.4, -0.2) is 18.9 Å². The number of ether oxygens (including phenoxy) is 1. The number of esters is 1. The summed E-state index contributed by atoms with van der Waals surface area (Å²) in [4.78, 5) is 25.2. The van der Waals surface area contributed by atoms with Gasteiger partial charge in [0.1, 0.15) is 0 Å². The third-order valence-electron chi connectivity index (χ3n) is 4.56. The van der Waals surface area contributed by atoms with E-state index in [9.17, 15) is 9.59 Å². The molecule has 0 N–H and O–H groups in total. The number of hydrogen-bond donors (Lipinski definition) is 0. The van der Waals surface area contributed by atoms with E-state index in [4.69, 9.17) is 4.74 Å². The predicted molar refractivity (Wildman–Crippen MR) is 93.7 cm³/mol. The number of methoxy groups -OCH3 is 1. The zero-order valence-electron chi connectivity index (χ0n) is 15.7. The van der Waals surface area contributed by atoms with Crippen LogP contribution in [0.2, 0.25) is 0 Å². The van der Waals surface area contributed by atoms with Crippen LogP contribution in [-0.2, 0) is 9.53 Å². The van der Waals surface area contributed by atoms with Gasteiger partial charge in [-0.3, -0.25) is 9.59 Å². The lowest BCUT2D eigenvalue weighted by Gasteiger charge is -2.30. The average Bonchev–Trinajstić information content (AvgIpc) is 2.42. The fourth-order valence-corrected chi connectivity index (χ4v) is 3.26. The Morgan fingerprint density at radius 3 is 1.96 bits per heavy atom. The molecule has 0 amide bonds. The van der Waals surface area contributed by atoms with E-state index in [-0.39, 0.29) is 23.6 Å². The molecule has 128 valence electrons. The predicted octanol–water partition coefficient (Wildman–Crippen LogP) is 4.66. The van der Waals surface area contributed by atoms with Crippen LogP contribution in [0.25, 0.3) is 0 Å². The molecular weight excluding hydrogens is 288 g/mol. The van der Waals surface area contributed by atoms with Crippen LogP contribution in [0, 0.1) is 38.0 Å². The first-order valence-electron chi connectivity index (χ1n) is 8.21. The van der Waals surface area contributed by atoms with Gasteiger partial charge in [0.15, 0.2) is 5.78 Å². The Kier molecular flexibility index (Phi) is 6.15. The summed E-state index contributed by atoms with van der Waals surface area (Å²) in [6.07, 6.45) is 0.489. The highest BCUT2D eigenvalue weighted by Gasteiger charge is 2.37. The minimum Gasteiger partial charge on any atom is -0.469 e. The number of hydrogen-bond acceptors (Lipinski definition) is 3. The van der Waals surface area contributed by atoms with Gasteiger partial charge in [-0.1, -0.05) is 45.4 Å². The number of benzene rings is 1. The zero-order valence-corrected chi connectivity index (χ0v) is 15.7. The van der Waals surface area contributed by atoms with E-state index in [1.807, 2.05) is 60.6 Å². The first-order chi connectivity index (χ1) is 10.5. The molecule has 23 heavy (non-hydrogen) atoms. The summed E-state index contributed by atoms with van der Waals surface area (Å²) in [6.45, 7) is 13.8. The second-order valence-electron chi connectivity index (χ2n) is 7.56. The molecule has 1 aromatic carbocycles. The fraction of sp³-hybridized carbons (Fsp3) is 0.600. The van der Waals surface area contributed by atoms with Crippen molar-refractivity contribution in [3.05, 3.63) is 34.4 Å². The quantitative estimate of drug-likeness (QED) is 0.566. The number of Topliss-reactive ketones (excluding diaryl/α,β-unsaturated/α-hetero) is 1. The highest BCUT2D eigenvalue weighted by Crippen LogP contribution is 2.35. The fourth-order valence-electron chi connectivity index (χ4n) is 3.26. The van der Waals surface area contributed by atoms with Crippen LogP contribution in [0.3, 0.4) is 0 Å². The van der Waals surface area contributed by atoms with Crippen molar-refractivity contribution in [2.45, 2.75) is 54.9 Å². The van der Waals surface area contributed by atoms with Crippen LogP contribution in [0.1, 0.15) is 61.2 Å². The number of aryl methyl sites for hydroxylation is 3. The first kappa shape index (κ1) is 19.4. The molecule has 0 radical (unpaired) electrons. The van der Waals surface area contributed by atoms with Crippen LogP contribution < -0.4 is 0 Å². The molecule has 1 rings (SSSR count). The largest absolute Gasteiger partial charge is 0.469 e. The molecule has 1 aromatic rings. The van der Waals surface area contributed by atoms with E-state index in [0.29, 0.717) is 6.42 Å². The van der Waals surface area contributed by atoms with Crippen molar-refractivity contribution in [1.29, 1.82) is 0 Å². The van der Waals surface area contributed by atoms with E-state index < -0.39 is 5.41 Å². The minimum atomic E-state index is -0.617. The highest BCUT2D eigenvalue weighted by molar-refractivity contribution is 6.02. The number of ketones is 1. The molecular formula is C20H30O3. The Morgan fingerprint density at radius 2 is 1.57 bits per heavy atom. The SMILES string of the molecule is COC(=O)C(CC(C)(C)C(=O)c1c(C)cc(C)cc1C)C(C)C. The molecule has 0 fully saturated rings. The molecule has 0 spiro atoms. The molecule has 0 heterocycles. The van der Waals surface area contributed by atoms with Gasteiger partial charge in [-0.15, -0.1) is 0 Å². The summed E-state index contributed by atoms with van der Waals surface area (Å²) < 4.78 is 4.92. The van der Waals surface area contributed by atoms with E-state index in [0.717, 1.165) is 22.3 Å². The van der Waals surface area contributed by atoms with Gasteiger partial charge in [0.25, 0.3) is 0 Å². The summed E-state index contributed by atoms with van der Waals surface area (Å²) in [5.74, 6) is -0.278. The van der Waals surface area contributed by atoms with Gasteiger partial charge in [0, 0.05) is 11.0 Å². The van der Waals surface area contributed by atoms with Crippen LogP contribution >= 0.6 is 0 Å². The van der Waals surface area contributed by atoms with Crippen molar-refractivity contribution in [2.75, 3.05) is 7.11 Å². The molecule has 0 bridgehead atoms. The molecule has 0 saturated carbocycles. The maximum absolute atomic E-state index is 13.1. The Bertz CT molecular complexity index is 574. The monoisotopic (exact) mass is 318 g/mol. The van der Waals surface area contributed by atoms with Gasteiger partial charge < -0.3 is 4.74 Å². The molecule has 1 atom stereocenters. The lowest BCUT2D eigenvalue weighted by Crippen LogP contribution is -2.33. The van der Waals surface area contributed by atoms with Crippen molar-refractivity contribution < 1.29 is 14.3 Å². The minimum absolute atomic E-state index is 0.0991. The van der Waals surface area contributed by atoms with E-state index in [2.05, 4.69) is 0 Å². The molecule has 0 saturated heterocycles. The maximum Gasteiger partial charge on any atom is 0.308 e. The van der Waals surface area contributed by atoms with E-state index in [1.54, 1.807) is 0 Å². The van der Waals surface area contributed by atoms with Gasteiger partial charge in [-0.25, -0.2) is 0 Å². The summed E-state index contributed by atoms with van der Waals surface area (Å²) in [6, 6.07) is 4.08. The van der Waals surface area contributed by atoms with Crippen molar-refractivity contribution >= 4 is 11.8 Å². The van der Waals surface area contributed by atoms with Crippen molar-refractivity contribution in [2.24, 2.45) is 17.3 Å². The van der Waals surface area contributed by atoms with Crippen molar-refractivity contribution in [1.82, 2.24) is 0 Å². The smallest absolute Gasteiger partial charge is 0.308 e. The average molecular weight is 318 g/mol. The van der Waals surface area contributed by atoms with E-state index >= 15 is 0 Å². The first-order valence-corrected chi connectivity index (χ1v) is 8.21. The molecule has 0 aliphatic rings. The molecule has 0 aliphatic heterocycles. The Balaban J connectivity index is 3.17. The highest BCUT2D eigenvalue weighted by atomic mass is 16.5. The number of rotatable bonds is 6. The summed E-state index contributed by atoms with van der Waals surface area (Å²) in [5, 5.41) is 0. The van der Waals surface area contributed by atoms with Gasteiger partial charge >= 0.3 is 5.97 Å². The van der Waals surface area contributed by atoms with E-state index in [1.165, 1.54) is 7.11 Å². The second-order valence-corrected chi connectivity index (χ2v) is 7.56. The van der Waals surface area contributed by atoms with Gasteiger partial charge in [-0.2, -0.15) is 0 Å². The van der Waals surface area contributed by atoms with Crippen molar-refractivity contribution in [3.63, 3.8) is 0 Å². The Labute approximate surface area is 140 Å². The van der Waals surface area contributed by atoms with Gasteiger partial charge in [-0.05, 0) is 44.2 Å². The lowest BCUT2D eigenvalue weighted by molar-refractivity contribution is -0.148. The molecule has 3 heteroatoms. The normalized spacial score (nSPS) is 13.1. The Hall–Kier alpha value is -1.64. The summed E-state index contributed by atoms with van der Waals surface area (Å²) >= 11 is 0. The topological polar surface area (TPSA) is 43.4 Å². The third kappa shape index (κ3) is 4.43.